The van der Waals surface area contributed by atoms with E-state index in [0.717, 1.165) is 52.2 Å². The molecule has 5 heteroatoms. The van der Waals surface area contributed by atoms with Gasteiger partial charge in [0.25, 0.3) is 5.91 Å². The Kier molecular flexibility index (Phi) is 3.96. The molecule has 1 saturated carbocycles. The van der Waals surface area contributed by atoms with Crippen molar-refractivity contribution in [2.45, 2.75) is 50.2 Å². The van der Waals surface area contributed by atoms with E-state index in [0.29, 0.717) is 18.9 Å². The Morgan fingerprint density at radius 3 is 2.30 bits per heavy atom. The highest BCUT2D eigenvalue weighted by Gasteiger charge is 2.53. The molecular formula is C18H27FN2O2. The van der Waals surface area contributed by atoms with E-state index in [4.69, 9.17) is 4.74 Å². The van der Waals surface area contributed by atoms with E-state index in [9.17, 15) is 9.18 Å². The number of nitrogens with zero attached hydrogens (tertiary/aromatic N) is 2. The van der Waals surface area contributed by atoms with Crippen LogP contribution in [0.3, 0.4) is 0 Å². The second kappa shape index (κ2) is 5.85. The third-order valence-corrected chi connectivity index (χ3v) is 6.24. The zero-order valence-corrected chi connectivity index (χ0v) is 13.8. The standard InChI is InChI=1S/C18H27FN2O2/c19-18(5-6-18)16(22)21-9-7-17(8-10-21)3-1-15(2-4-17)20-11-13-23-14-12-20/h1,3,15H,2,4-14H2. The molecule has 0 bridgehead atoms. The van der Waals surface area contributed by atoms with Crippen LogP contribution in [0.15, 0.2) is 12.2 Å². The maximum Gasteiger partial charge on any atom is 0.260 e. The molecule has 2 heterocycles. The van der Waals surface area contributed by atoms with Gasteiger partial charge in [-0.15, -0.1) is 0 Å². The molecule has 23 heavy (non-hydrogen) atoms. The number of likely N-dealkylation sites (tertiary alicyclic amines) is 1. The van der Waals surface area contributed by atoms with Crippen LogP contribution < -0.4 is 0 Å². The summed E-state index contributed by atoms with van der Waals surface area (Å²) in [6.45, 7) is 5.19. The normalized spacial score (nSPS) is 32.9. The summed E-state index contributed by atoms with van der Waals surface area (Å²) in [6, 6.07) is 0.546. The van der Waals surface area contributed by atoms with Gasteiger partial charge in [0.05, 0.1) is 13.2 Å². The fourth-order valence-electron chi connectivity index (χ4n) is 4.32. The molecule has 1 spiro atoms. The van der Waals surface area contributed by atoms with Gasteiger partial charge in [0, 0.05) is 32.2 Å². The third-order valence-electron chi connectivity index (χ3n) is 6.24. The van der Waals surface area contributed by atoms with Crippen molar-refractivity contribution in [1.29, 1.82) is 0 Å². The second-order valence-electron chi connectivity index (χ2n) is 7.73. The van der Waals surface area contributed by atoms with Crippen LogP contribution in [0.1, 0.15) is 38.5 Å². The van der Waals surface area contributed by atoms with Crippen LogP contribution in [0.2, 0.25) is 0 Å². The lowest BCUT2D eigenvalue weighted by Gasteiger charge is -2.45. The number of halogens is 1. The Labute approximate surface area is 137 Å². The van der Waals surface area contributed by atoms with Gasteiger partial charge in [0.2, 0.25) is 0 Å². The predicted molar refractivity (Wildman–Crippen MR) is 85.9 cm³/mol. The first-order valence-electron chi connectivity index (χ1n) is 9.10. The van der Waals surface area contributed by atoms with Crippen LogP contribution >= 0.6 is 0 Å². The number of piperidine rings is 1. The minimum Gasteiger partial charge on any atom is -0.379 e. The maximum absolute atomic E-state index is 13.9. The molecule has 1 atom stereocenters. The van der Waals surface area contributed by atoms with Gasteiger partial charge < -0.3 is 9.64 Å². The number of alkyl halides is 1. The van der Waals surface area contributed by atoms with Crippen LogP contribution in [-0.2, 0) is 9.53 Å². The first kappa shape index (κ1) is 15.6. The summed E-state index contributed by atoms with van der Waals surface area (Å²) in [6.07, 6.45) is 9.99. The van der Waals surface area contributed by atoms with Crippen LogP contribution in [0.5, 0.6) is 0 Å². The minimum atomic E-state index is -1.51. The summed E-state index contributed by atoms with van der Waals surface area (Å²) in [5.74, 6) is -0.252. The lowest BCUT2D eigenvalue weighted by atomic mass is 9.71. The number of carbonyl (C=O) groups is 1. The van der Waals surface area contributed by atoms with E-state index >= 15 is 0 Å². The minimum absolute atomic E-state index is 0.243. The van der Waals surface area contributed by atoms with Gasteiger partial charge in [0.15, 0.2) is 5.67 Å². The first-order chi connectivity index (χ1) is 11.1. The molecule has 0 N–H and O–H groups in total. The van der Waals surface area contributed by atoms with Crippen molar-refractivity contribution in [3.8, 4) is 0 Å². The van der Waals surface area contributed by atoms with Gasteiger partial charge >= 0.3 is 0 Å². The number of rotatable bonds is 2. The lowest BCUT2D eigenvalue weighted by molar-refractivity contribution is -0.140. The summed E-state index contributed by atoms with van der Waals surface area (Å²) < 4.78 is 19.4. The van der Waals surface area contributed by atoms with Crippen molar-refractivity contribution in [3.63, 3.8) is 0 Å². The molecule has 4 aliphatic rings. The molecule has 0 radical (unpaired) electrons. The maximum atomic E-state index is 13.9. The molecule has 3 fully saturated rings. The summed E-state index contributed by atoms with van der Waals surface area (Å²) in [7, 11) is 0. The fraction of sp³-hybridized carbons (Fsp3) is 0.833. The molecule has 1 amide bonds. The van der Waals surface area contributed by atoms with Gasteiger partial charge in [0.1, 0.15) is 0 Å². The van der Waals surface area contributed by atoms with Crippen molar-refractivity contribution in [3.05, 3.63) is 12.2 Å². The fourth-order valence-corrected chi connectivity index (χ4v) is 4.32. The Hall–Kier alpha value is -0.940. The largest absolute Gasteiger partial charge is 0.379 e. The van der Waals surface area contributed by atoms with Crippen molar-refractivity contribution >= 4 is 5.91 Å². The van der Waals surface area contributed by atoms with Gasteiger partial charge in [-0.2, -0.15) is 0 Å². The van der Waals surface area contributed by atoms with Crippen molar-refractivity contribution in [1.82, 2.24) is 9.80 Å². The van der Waals surface area contributed by atoms with Crippen molar-refractivity contribution < 1.29 is 13.9 Å². The van der Waals surface area contributed by atoms with Crippen LogP contribution in [-0.4, -0.2) is 66.8 Å². The second-order valence-corrected chi connectivity index (χ2v) is 7.73. The van der Waals surface area contributed by atoms with E-state index in [1.165, 1.54) is 12.8 Å². The zero-order chi connectivity index (χ0) is 15.9. The van der Waals surface area contributed by atoms with E-state index in [1.807, 2.05) is 0 Å². The number of amides is 1. The molecule has 4 nitrogen and oxygen atoms in total. The smallest absolute Gasteiger partial charge is 0.260 e. The molecule has 2 aliphatic carbocycles. The number of carbonyl (C=O) groups excluding carboxylic acids is 1. The van der Waals surface area contributed by atoms with Crippen LogP contribution in [0.4, 0.5) is 4.39 Å². The molecule has 0 aromatic carbocycles. The van der Waals surface area contributed by atoms with Crippen LogP contribution in [0.25, 0.3) is 0 Å². The number of morpholine rings is 1. The zero-order valence-electron chi connectivity index (χ0n) is 13.8. The van der Waals surface area contributed by atoms with E-state index in [2.05, 4.69) is 17.1 Å². The van der Waals surface area contributed by atoms with E-state index in [-0.39, 0.29) is 11.3 Å². The average Bonchev–Trinajstić information content (AvgIpc) is 3.35. The van der Waals surface area contributed by atoms with Gasteiger partial charge in [-0.3, -0.25) is 9.69 Å². The number of ether oxygens (including phenoxy) is 1. The summed E-state index contributed by atoms with van der Waals surface area (Å²) in [5.41, 5.74) is -1.26. The summed E-state index contributed by atoms with van der Waals surface area (Å²) in [5, 5.41) is 0. The van der Waals surface area contributed by atoms with Gasteiger partial charge in [-0.25, -0.2) is 4.39 Å². The Morgan fingerprint density at radius 1 is 1.04 bits per heavy atom. The summed E-state index contributed by atoms with van der Waals surface area (Å²) in [4.78, 5) is 16.4. The van der Waals surface area contributed by atoms with E-state index < -0.39 is 5.67 Å². The van der Waals surface area contributed by atoms with Crippen molar-refractivity contribution in [2.24, 2.45) is 5.41 Å². The van der Waals surface area contributed by atoms with Crippen molar-refractivity contribution in [2.75, 3.05) is 39.4 Å². The average molecular weight is 322 g/mol. The molecule has 1 unspecified atom stereocenters. The molecule has 2 saturated heterocycles. The SMILES string of the molecule is O=C(N1CCC2(C=CC(N3CCOCC3)CC2)CC1)C1(F)CC1. The molecular weight excluding hydrogens is 295 g/mol. The van der Waals surface area contributed by atoms with E-state index in [1.54, 1.807) is 4.90 Å². The molecule has 2 aliphatic heterocycles. The highest BCUT2D eigenvalue weighted by Crippen LogP contribution is 2.45. The predicted octanol–water partition coefficient (Wildman–Crippen LogP) is 2.15. The highest BCUT2D eigenvalue weighted by molar-refractivity contribution is 5.88. The monoisotopic (exact) mass is 322 g/mol. The van der Waals surface area contributed by atoms with Gasteiger partial charge in [-0.05, 0) is 43.9 Å². The molecule has 4 rings (SSSR count). The van der Waals surface area contributed by atoms with Gasteiger partial charge in [-0.1, -0.05) is 12.2 Å². The number of hydrogen-bond donors (Lipinski definition) is 0. The third kappa shape index (κ3) is 3.05. The first-order valence-corrected chi connectivity index (χ1v) is 9.10. The Bertz CT molecular complexity index is 489. The highest BCUT2D eigenvalue weighted by atomic mass is 19.1. The molecule has 0 aromatic rings. The quantitative estimate of drug-likeness (QED) is 0.730. The molecule has 128 valence electrons. The molecule has 0 aromatic heterocycles. The number of allylic oxidation sites excluding steroid dienone is 1. The topological polar surface area (TPSA) is 32.8 Å². The van der Waals surface area contributed by atoms with Crippen LogP contribution in [0, 0.1) is 5.41 Å². The lowest BCUT2D eigenvalue weighted by Crippen LogP contribution is -2.48. The Morgan fingerprint density at radius 2 is 1.74 bits per heavy atom. The Balaban J connectivity index is 1.33. The summed E-state index contributed by atoms with van der Waals surface area (Å²) >= 11 is 0. The number of hydrogen-bond acceptors (Lipinski definition) is 3.